The number of benzene rings is 1. The molecule has 0 bridgehead atoms. The highest BCUT2D eigenvalue weighted by Crippen LogP contribution is 2.26. The van der Waals surface area contributed by atoms with Gasteiger partial charge in [-0.15, -0.1) is 0 Å². The molecule has 1 saturated carbocycles. The molecule has 0 radical (unpaired) electrons. The summed E-state index contributed by atoms with van der Waals surface area (Å²) in [5, 5.41) is 11.8. The van der Waals surface area contributed by atoms with E-state index in [2.05, 4.69) is 5.32 Å². The monoisotopic (exact) mass is 276 g/mol. The lowest BCUT2D eigenvalue weighted by atomic mass is 10.0. The van der Waals surface area contributed by atoms with Gasteiger partial charge in [0.05, 0.1) is 5.92 Å². The fraction of sp³-hybridized carbons (Fsp3) is 0.467. The zero-order valence-corrected chi connectivity index (χ0v) is 11.3. The number of nitrogens with one attached hydrogen (secondary N) is 1. The molecule has 0 spiro atoms. The molecule has 5 nitrogen and oxygen atoms in total. The van der Waals surface area contributed by atoms with Crippen LogP contribution in [0.4, 0.5) is 0 Å². The first-order chi connectivity index (χ1) is 9.56. The number of hydrogen-bond acceptors (Lipinski definition) is 3. The van der Waals surface area contributed by atoms with Crippen molar-refractivity contribution in [3.63, 3.8) is 0 Å². The van der Waals surface area contributed by atoms with Crippen molar-refractivity contribution < 1.29 is 14.7 Å². The molecule has 1 unspecified atom stereocenters. The van der Waals surface area contributed by atoms with E-state index in [0.29, 0.717) is 12.8 Å². The maximum atomic E-state index is 11.9. The molecular weight excluding hydrogens is 256 g/mol. The first-order valence-corrected chi connectivity index (χ1v) is 6.89. The average Bonchev–Trinajstić information content (AvgIpc) is 2.88. The Labute approximate surface area is 118 Å². The van der Waals surface area contributed by atoms with Crippen LogP contribution in [0.1, 0.15) is 37.3 Å². The molecule has 20 heavy (non-hydrogen) atoms. The van der Waals surface area contributed by atoms with E-state index >= 15 is 0 Å². The third-order valence-electron chi connectivity index (χ3n) is 3.78. The smallest absolute Gasteiger partial charge is 0.306 e. The number of amides is 1. The van der Waals surface area contributed by atoms with Crippen LogP contribution in [-0.4, -0.2) is 23.0 Å². The van der Waals surface area contributed by atoms with Gasteiger partial charge in [0, 0.05) is 18.5 Å². The summed E-state index contributed by atoms with van der Waals surface area (Å²) >= 11 is 0. The Morgan fingerprint density at radius 1 is 1.30 bits per heavy atom. The number of carbonyl (C=O) groups excluding carboxylic acids is 1. The predicted octanol–water partition coefficient (Wildman–Crippen LogP) is 1.45. The molecule has 0 heterocycles. The van der Waals surface area contributed by atoms with E-state index in [9.17, 15) is 9.59 Å². The number of hydrogen-bond donors (Lipinski definition) is 3. The summed E-state index contributed by atoms with van der Waals surface area (Å²) in [5.41, 5.74) is 6.92. The second-order valence-corrected chi connectivity index (χ2v) is 5.33. The molecule has 1 aromatic rings. The third-order valence-corrected chi connectivity index (χ3v) is 3.78. The van der Waals surface area contributed by atoms with Crippen LogP contribution >= 0.6 is 0 Å². The molecule has 3 atom stereocenters. The van der Waals surface area contributed by atoms with Gasteiger partial charge in [-0.3, -0.25) is 9.59 Å². The van der Waals surface area contributed by atoms with Crippen molar-refractivity contribution in [1.82, 2.24) is 5.32 Å². The Balaban J connectivity index is 1.80. The molecule has 0 aromatic heterocycles. The number of aliphatic carboxylic acids is 1. The maximum Gasteiger partial charge on any atom is 0.306 e. The highest BCUT2D eigenvalue weighted by Gasteiger charge is 2.30. The van der Waals surface area contributed by atoms with Crippen molar-refractivity contribution in [2.75, 3.05) is 0 Å². The van der Waals surface area contributed by atoms with Gasteiger partial charge in [-0.1, -0.05) is 30.3 Å². The minimum atomic E-state index is -0.775. The quantitative estimate of drug-likeness (QED) is 0.759. The number of carboxylic acids is 1. The summed E-state index contributed by atoms with van der Waals surface area (Å²) in [6.45, 7) is 0. The predicted molar refractivity (Wildman–Crippen MR) is 74.9 cm³/mol. The second kappa shape index (κ2) is 6.52. The van der Waals surface area contributed by atoms with E-state index in [4.69, 9.17) is 10.8 Å². The molecule has 4 N–H and O–H groups in total. The third kappa shape index (κ3) is 3.81. The minimum Gasteiger partial charge on any atom is -0.481 e. The first kappa shape index (κ1) is 14.5. The Hall–Kier alpha value is -1.88. The minimum absolute atomic E-state index is 0.0356. The Kier molecular flexibility index (Phi) is 4.74. The first-order valence-electron chi connectivity index (χ1n) is 6.89. The largest absolute Gasteiger partial charge is 0.481 e. The van der Waals surface area contributed by atoms with Crippen molar-refractivity contribution in [2.45, 2.75) is 37.8 Å². The van der Waals surface area contributed by atoms with Crippen LogP contribution in [0.25, 0.3) is 0 Å². The van der Waals surface area contributed by atoms with Crippen molar-refractivity contribution >= 4 is 11.9 Å². The van der Waals surface area contributed by atoms with Crippen LogP contribution in [0, 0.1) is 5.92 Å². The van der Waals surface area contributed by atoms with E-state index in [1.165, 1.54) is 0 Å². The average molecular weight is 276 g/mol. The molecule has 1 aliphatic rings. The summed E-state index contributed by atoms with van der Waals surface area (Å²) in [6.07, 6.45) is 2.09. The van der Waals surface area contributed by atoms with Crippen molar-refractivity contribution in [3.8, 4) is 0 Å². The Morgan fingerprint density at radius 3 is 2.60 bits per heavy atom. The van der Waals surface area contributed by atoms with Gasteiger partial charge >= 0.3 is 5.97 Å². The Morgan fingerprint density at radius 2 is 2.00 bits per heavy atom. The van der Waals surface area contributed by atoms with Crippen molar-refractivity contribution in [3.05, 3.63) is 35.9 Å². The van der Waals surface area contributed by atoms with E-state index in [1.54, 1.807) is 0 Å². The van der Waals surface area contributed by atoms with Gasteiger partial charge in [-0.25, -0.2) is 0 Å². The van der Waals surface area contributed by atoms with E-state index in [1.807, 2.05) is 30.3 Å². The van der Waals surface area contributed by atoms with Crippen LogP contribution in [0.3, 0.4) is 0 Å². The molecule has 0 saturated heterocycles. The number of carboxylic acid groups (broad SMARTS) is 1. The van der Waals surface area contributed by atoms with Crippen LogP contribution in [-0.2, 0) is 9.59 Å². The summed E-state index contributed by atoms with van der Waals surface area (Å²) < 4.78 is 0. The van der Waals surface area contributed by atoms with Crippen LogP contribution in [0.5, 0.6) is 0 Å². The molecule has 1 fully saturated rings. The fourth-order valence-electron chi connectivity index (χ4n) is 2.64. The highest BCUT2D eigenvalue weighted by atomic mass is 16.4. The van der Waals surface area contributed by atoms with E-state index in [0.717, 1.165) is 12.0 Å². The lowest BCUT2D eigenvalue weighted by molar-refractivity contribution is -0.141. The summed E-state index contributed by atoms with van der Waals surface area (Å²) in [7, 11) is 0. The van der Waals surface area contributed by atoms with Crippen LogP contribution < -0.4 is 11.1 Å². The molecule has 108 valence electrons. The van der Waals surface area contributed by atoms with Gasteiger partial charge in [0.2, 0.25) is 5.91 Å². The molecule has 1 aromatic carbocycles. The molecule has 2 rings (SSSR count). The van der Waals surface area contributed by atoms with Crippen LogP contribution in [0.2, 0.25) is 0 Å². The molecule has 1 amide bonds. The highest BCUT2D eigenvalue weighted by molar-refractivity contribution is 5.77. The van der Waals surface area contributed by atoms with E-state index < -0.39 is 5.97 Å². The maximum absolute atomic E-state index is 11.9. The number of carbonyl (C=O) groups is 2. The van der Waals surface area contributed by atoms with Gasteiger partial charge in [-0.05, 0) is 24.8 Å². The van der Waals surface area contributed by atoms with Crippen molar-refractivity contribution in [1.29, 1.82) is 0 Å². The second-order valence-electron chi connectivity index (χ2n) is 5.33. The zero-order valence-electron chi connectivity index (χ0n) is 11.3. The topological polar surface area (TPSA) is 92.4 Å². The summed E-state index contributed by atoms with van der Waals surface area (Å²) in [6, 6.07) is 9.12. The molecular formula is C15H20N2O3. The standard InChI is InChI=1S/C15H20N2O3/c16-13(10-4-2-1-3-5-10)9-14(18)17-12-7-6-11(8-12)15(19)20/h1-5,11-13H,6-9,16H2,(H,17,18)(H,19,20)/t11-,12+,13?/m1/s1. The van der Waals surface area contributed by atoms with Gasteiger partial charge in [0.1, 0.15) is 0 Å². The fourth-order valence-corrected chi connectivity index (χ4v) is 2.64. The number of nitrogens with two attached hydrogens (primary N) is 1. The summed E-state index contributed by atoms with van der Waals surface area (Å²) in [5.74, 6) is -1.22. The SMILES string of the molecule is NC(CC(=O)N[C@H]1CC[C@@H](C(=O)O)C1)c1ccccc1. The van der Waals surface area contributed by atoms with Gasteiger partial charge in [-0.2, -0.15) is 0 Å². The summed E-state index contributed by atoms with van der Waals surface area (Å²) in [4.78, 5) is 22.8. The lowest BCUT2D eigenvalue weighted by Crippen LogP contribution is -2.35. The zero-order chi connectivity index (χ0) is 14.5. The lowest BCUT2D eigenvalue weighted by Gasteiger charge is -2.15. The van der Waals surface area contributed by atoms with Crippen molar-refractivity contribution in [2.24, 2.45) is 11.7 Å². The molecule has 0 aliphatic heterocycles. The normalized spacial score (nSPS) is 23.2. The molecule has 1 aliphatic carbocycles. The van der Waals surface area contributed by atoms with Crippen LogP contribution in [0.15, 0.2) is 30.3 Å². The Bertz CT molecular complexity index is 475. The van der Waals surface area contributed by atoms with Gasteiger partial charge in [0.15, 0.2) is 0 Å². The number of rotatable bonds is 5. The molecule has 5 heteroatoms. The van der Waals surface area contributed by atoms with Gasteiger partial charge < -0.3 is 16.2 Å². The van der Waals surface area contributed by atoms with E-state index in [-0.39, 0.29) is 30.3 Å². The van der Waals surface area contributed by atoms with Gasteiger partial charge in [0.25, 0.3) is 0 Å².